The normalized spacial score (nSPS) is 19.1. The van der Waals surface area contributed by atoms with Crippen LogP contribution in [-0.4, -0.2) is 19.0 Å². The van der Waals surface area contributed by atoms with Gasteiger partial charge in [-0.3, -0.25) is 0 Å². The van der Waals surface area contributed by atoms with Crippen LogP contribution in [0.1, 0.15) is 13.8 Å². The van der Waals surface area contributed by atoms with Crippen molar-refractivity contribution < 1.29 is 8.42 Å². The van der Waals surface area contributed by atoms with Crippen molar-refractivity contribution in [3.8, 4) is 0 Å². The van der Waals surface area contributed by atoms with Crippen LogP contribution in [0, 0.1) is 0 Å². The molecule has 0 aliphatic heterocycles. The molecule has 0 radical (unpaired) electrons. The van der Waals surface area contributed by atoms with Gasteiger partial charge in [0.2, 0.25) is 9.05 Å². The zero-order chi connectivity index (χ0) is 7.65. The summed E-state index contributed by atoms with van der Waals surface area (Å²) in [6, 6.07) is 0. The van der Waals surface area contributed by atoms with Crippen molar-refractivity contribution in [2.45, 2.75) is 24.5 Å². The summed E-state index contributed by atoms with van der Waals surface area (Å²) in [6.45, 7) is 3.06. The molecule has 0 fully saturated rings. The minimum atomic E-state index is -3.46. The number of rotatable bonds is 2. The number of halogens is 2. The molecule has 0 saturated heterocycles. The Morgan fingerprint density at radius 2 is 1.67 bits per heavy atom. The van der Waals surface area contributed by atoms with Gasteiger partial charge >= 0.3 is 0 Å². The minimum Gasteiger partial charge on any atom is -0.212 e. The fourth-order valence-corrected chi connectivity index (χ4v) is 1.70. The van der Waals surface area contributed by atoms with Crippen molar-refractivity contribution in [3.05, 3.63) is 0 Å². The van der Waals surface area contributed by atoms with E-state index >= 15 is 0 Å². The number of hydrogen-bond acceptors (Lipinski definition) is 2. The highest BCUT2D eigenvalue weighted by atomic mass is 35.7. The molecule has 9 heavy (non-hydrogen) atoms. The van der Waals surface area contributed by atoms with E-state index in [1.807, 2.05) is 0 Å². The van der Waals surface area contributed by atoms with Crippen LogP contribution >= 0.6 is 22.3 Å². The smallest absolute Gasteiger partial charge is 0.212 e. The maximum atomic E-state index is 10.5. The molecular formula is C4H8Cl2O2S. The molecule has 0 saturated carbocycles. The van der Waals surface area contributed by atoms with Crippen molar-refractivity contribution >= 4 is 31.3 Å². The molecule has 0 aromatic rings. The van der Waals surface area contributed by atoms with Crippen LogP contribution in [-0.2, 0) is 9.05 Å². The third kappa shape index (κ3) is 3.28. The van der Waals surface area contributed by atoms with Crippen molar-refractivity contribution in [1.82, 2.24) is 0 Å². The molecule has 0 aliphatic rings. The van der Waals surface area contributed by atoms with Gasteiger partial charge in [-0.1, -0.05) is 0 Å². The second kappa shape index (κ2) is 3.08. The van der Waals surface area contributed by atoms with Crippen molar-refractivity contribution in [3.63, 3.8) is 0 Å². The standard InChI is InChI=1S/C4H8Cl2O2S/c1-3(5)4(2)9(6,7)8/h3-4H,1-2H3. The van der Waals surface area contributed by atoms with E-state index in [1.165, 1.54) is 6.92 Å². The van der Waals surface area contributed by atoms with Crippen molar-refractivity contribution in [2.75, 3.05) is 0 Å². The van der Waals surface area contributed by atoms with Crippen LogP contribution in [0.2, 0.25) is 0 Å². The minimum absolute atomic E-state index is 0.438. The lowest BCUT2D eigenvalue weighted by molar-refractivity contribution is 0.596. The van der Waals surface area contributed by atoms with E-state index in [-0.39, 0.29) is 0 Å². The predicted octanol–water partition coefficient (Wildman–Crippen LogP) is 1.57. The predicted molar refractivity (Wildman–Crippen MR) is 39.5 cm³/mol. The van der Waals surface area contributed by atoms with Gasteiger partial charge in [0.05, 0.1) is 5.25 Å². The van der Waals surface area contributed by atoms with E-state index in [0.717, 1.165) is 0 Å². The van der Waals surface area contributed by atoms with E-state index in [1.54, 1.807) is 6.92 Å². The lowest BCUT2D eigenvalue weighted by Gasteiger charge is -2.07. The molecule has 0 aromatic heterocycles. The van der Waals surface area contributed by atoms with E-state index in [4.69, 9.17) is 22.3 Å². The van der Waals surface area contributed by atoms with Gasteiger partial charge in [0.25, 0.3) is 0 Å². The average Bonchev–Trinajstić information content (AvgIpc) is 1.62. The maximum Gasteiger partial charge on any atom is 0.236 e. The van der Waals surface area contributed by atoms with Crippen molar-refractivity contribution in [1.29, 1.82) is 0 Å². The van der Waals surface area contributed by atoms with Gasteiger partial charge in [0.1, 0.15) is 0 Å². The molecule has 0 aliphatic carbocycles. The SMILES string of the molecule is CC(Cl)C(C)S(=O)(=O)Cl. The van der Waals surface area contributed by atoms with Crippen LogP contribution in [0.15, 0.2) is 0 Å². The molecule has 2 unspecified atom stereocenters. The Morgan fingerprint density at radius 3 is 1.67 bits per heavy atom. The number of alkyl halides is 1. The summed E-state index contributed by atoms with van der Waals surface area (Å²) in [4.78, 5) is 0. The van der Waals surface area contributed by atoms with Gasteiger partial charge in [0, 0.05) is 16.1 Å². The highest BCUT2D eigenvalue weighted by molar-refractivity contribution is 8.14. The van der Waals surface area contributed by atoms with E-state index in [0.29, 0.717) is 0 Å². The summed E-state index contributed by atoms with van der Waals surface area (Å²) in [5, 5.41) is -1.12. The Labute approximate surface area is 64.6 Å². The molecule has 5 heteroatoms. The first-order valence-corrected chi connectivity index (χ1v) is 5.24. The molecule has 0 heterocycles. The quantitative estimate of drug-likeness (QED) is 0.490. The van der Waals surface area contributed by atoms with Crippen LogP contribution in [0.3, 0.4) is 0 Å². The molecule has 0 amide bonds. The van der Waals surface area contributed by atoms with Gasteiger partial charge in [0.15, 0.2) is 0 Å². The van der Waals surface area contributed by atoms with Gasteiger partial charge in [-0.25, -0.2) is 8.42 Å². The Kier molecular flexibility index (Phi) is 3.26. The van der Waals surface area contributed by atoms with Gasteiger partial charge in [-0.2, -0.15) is 0 Å². The summed E-state index contributed by atoms with van der Waals surface area (Å²) in [5.74, 6) is 0. The van der Waals surface area contributed by atoms with E-state index in [2.05, 4.69) is 0 Å². The molecule has 2 nitrogen and oxygen atoms in total. The fourth-order valence-electron chi connectivity index (χ4n) is 0.224. The Hall–Kier alpha value is 0.530. The first-order valence-electron chi connectivity index (χ1n) is 2.43. The lowest BCUT2D eigenvalue weighted by atomic mass is 10.4. The zero-order valence-corrected chi connectivity index (χ0v) is 7.46. The average molecular weight is 191 g/mol. The highest BCUT2D eigenvalue weighted by Gasteiger charge is 2.21. The van der Waals surface area contributed by atoms with Crippen LogP contribution in [0.25, 0.3) is 0 Å². The first kappa shape index (κ1) is 9.53. The molecule has 0 rings (SSSR count). The Bertz CT molecular complexity index is 173. The van der Waals surface area contributed by atoms with E-state index in [9.17, 15) is 8.42 Å². The second-order valence-electron chi connectivity index (χ2n) is 1.86. The summed E-state index contributed by atoms with van der Waals surface area (Å²) >= 11 is 5.45. The third-order valence-corrected chi connectivity index (χ3v) is 3.76. The molecule has 56 valence electrons. The van der Waals surface area contributed by atoms with Crippen LogP contribution in [0.4, 0.5) is 0 Å². The highest BCUT2D eigenvalue weighted by Crippen LogP contribution is 2.14. The molecule has 0 aromatic carbocycles. The molecule has 0 bridgehead atoms. The first-order chi connectivity index (χ1) is 3.85. The molecule has 0 N–H and O–H groups in total. The monoisotopic (exact) mass is 190 g/mol. The molecular weight excluding hydrogens is 183 g/mol. The Balaban J connectivity index is 4.24. The largest absolute Gasteiger partial charge is 0.236 e. The van der Waals surface area contributed by atoms with Gasteiger partial charge < -0.3 is 0 Å². The van der Waals surface area contributed by atoms with Gasteiger partial charge in [-0.15, -0.1) is 11.6 Å². The van der Waals surface area contributed by atoms with E-state index < -0.39 is 19.7 Å². The third-order valence-electron chi connectivity index (χ3n) is 1.09. The molecule has 2 atom stereocenters. The summed E-state index contributed by atoms with van der Waals surface area (Å²) < 4.78 is 20.9. The summed E-state index contributed by atoms with van der Waals surface area (Å²) in [5.41, 5.74) is 0. The summed E-state index contributed by atoms with van der Waals surface area (Å²) in [6.07, 6.45) is 0. The Morgan fingerprint density at radius 1 is 1.33 bits per heavy atom. The zero-order valence-electron chi connectivity index (χ0n) is 5.14. The topological polar surface area (TPSA) is 34.1 Å². The molecule has 0 spiro atoms. The van der Waals surface area contributed by atoms with Crippen LogP contribution < -0.4 is 0 Å². The fraction of sp³-hybridized carbons (Fsp3) is 1.00. The summed E-state index contributed by atoms with van der Waals surface area (Å²) in [7, 11) is 1.50. The number of hydrogen-bond donors (Lipinski definition) is 0. The lowest BCUT2D eigenvalue weighted by Crippen LogP contribution is -2.20. The second-order valence-corrected chi connectivity index (χ2v) is 5.53. The van der Waals surface area contributed by atoms with Crippen LogP contribution in [0.5, 0.6) is 0 Å². The van der Waals surface area contributed by atoms with Crippen molar-refractivity contribution in [2.24, 2.45) is 0 Å². The van der Waals surface area contributed by atoms with Gasteiger partial charge in [-0.05, 0) is 13.8 Å². The maximum absolute atomic E-state index is 10.5.